The van der Waals surface area contributed by atoms with Crippen LogP contribution in [0.3, 0.4) is 0 Å². The molecule has 1 N–H and O–H groups in total. The Bertz CT molecular complexity index is 850. The van der Waals surface area contributed by atoms with Gasteiger partial charge in [-0.3, -0.25) is 0 Å². The smallest absolute Gasteiger partial charge is 0.317 e. The van der Waals surface area contributed by atoms with Crippen molar-refractivity contribution in [2.75, 3.05) is 20.2 Å². The fourth-order valence-electron chi connectivity index (χ4n) is 3.30. The summed E-state index contributed by atoms with van der Waals surface area (Å²) in [6, 6.07) is 15.8. The summed E-state index contributed by atoms with van der Waals surface area (Å²) in [6.45, 7) is 5.48. The van der Waals surface area contributed by atoms with Crippen LogP contribution in [0, 0.1) is 6.92 Å². The molecule has 0 aliphatic carbocycles. The van der Waals surface area contributed by atoms with Crippen molar-refractivity contribution in [1.82, 2.24) is 10.2 Å². The standard InChI is InChI=1S/C22H27N3O3/c1-4-23-22(26)25(14-17-9-7-10-18(12-17)27-3)15-19-13-21(24-28-19)20-11-6-5-8-16(20)2/h5-12,19H,4,13-15H2,1-3H3,(H,23,26). The number of urea groups is 1. The normalized spacial score (nSPS) is 15.5. The van der Waals surface area contributed by atoms with Gasteiger partial charge in [0, 0.05) is 25.1 Å². The first kappa shape index (κ1) is 19.7. The van der Waals surface area contributed by atoms with Crippen LogP contribution >= 0.6 is 0 Å². The first-order valence-electron chi connectivity index (χ1n) is 9.55. The molecule has 1 aliphatic rings. The lowest BCUT2D eigenvalue weighted by Crippen LogP contribution is -2.43. The molecular weight excluding hydrogens is 354 g/mol. The maximum Gasteiger partial charge on any atom is 0.317 e. The lowest BCUT2D eigenvalue weighted by molar-refractivity contribution is 0.0590. The van der Waals surface area contributed by atoms with Crippen LogP contribution in [0.2, 0.25) is 0 Å². The van der Waals surface area contributed by atoms with Crippen LogP contribution in [0.15, 0.2) is 53.7 Å². The van der Waals surface area contributed by atoms with E-state index in [0.29, 0.717) is 26.1 Å². The number of carbonyl (C=O) groups excluding carboxylic acids is 1. The van der Waals surface area contributed by atoms with Crippen LogP contribution in [0.4, 0.5) is 4.79 Å². The maximum absolute atomic E-state index is 12.6. The van der Waals surface area contributed by atoms with Gasteiger partial charge in [0.15, 0.2) is 6.10 Å². The van der Waals surface area contributed by atoms with E-state index >= 15 is 0 Å². The second-order valence-electron chi connectivity index (χ2n) is 6.85. The van der Waals surface area contributed by atoms with Gasteiger partial charge in [-0.15, -0.1) is 0 Å². The lowest BCUT2D eigenvalue weighted by Gasteiger charge is -2.25. The van der Waals surface area contributed by atoms with Crippen LogP contribution in [0.5, 0.6) is 5.75 Å². The SMILES string of the molecule is CCNC(=O)N(Cc1cccc(OC)c1)CC1CC(c2ccccc2C)=NO1. The van der Waals surface area contributed by atoms with Gasteiger partial charge in [-0.1, -0.05) is 41.6 Å². The van der Waals surface area contributed by atoms with Gasteiger partial charge in [0.05, 0.1) is 19.4 Å². The Hall–Kier alpha value is -3.02. The number of ether oxygens (including phenoxy) is 1. The molecule has 1 unspecified atom stereocenters. The first-order chi connectivity index (χ1) is 13.6. The zero-order chi connectivity index (χ0) is 19.9. The minimum atomic E-state index is -0.164. The monoisotopic (exact) mass is 381 g/mol. The molecule has 2 aromatic carbocycles. The average Bonchev–Trinajstić information content (AvgIpc) is 3.16. The molecule has 6 nitrogen and oxygen atoms in total. The molecule has 148 valence electrons. The summed E-state index contributed by atoms with van der Waals surface area (Å²) in [5.74, 6) is 0.774. The Morgan fingerprint density at radius 2 is 2.11 bits per heavy atom. The fourth-order valence-corrected chi connectivity index (χ4v) is 3.30. The molecule has 6 heteroatoms. The molecule has 28 heavy (non-hydrogen) atoms. The fraction of sp³-hybridized carbons (Fsp3) is 0.364. The molecule has 0 fully saturated rings. The van der Waals surface area contributed by atoms with E-state index in [0.717, 1.165) is 22.6 Å². The minimum absolute atomic E-state index is 0.113. The van der Waals surface area contributed by atoms with Gasteiger partial charge in [0.25, 0.3) is 0 Å². The van der Waals surface area contributed by atoms with E-state index in [9.17, 15) is 4.79 Å². The Kier molecular flexibility index (Phi) is 6.53. The third-order valence-electron chi connectivity index (χ3n) is 4.74. The Labute approximate surface area is 166 Å². The van der Waals surface area contributed by atoms with E-state index < -0.39 is 0 Å². The van der Waals surface area contributed by atoms with Crippen molar-refractivity contribution >= 4 is 11.7 Å². The maximum atomic E-state index is 12.6. The Morgan fingerprint density at radius 1 is 1.29 bits per heavy atom. The summed E-state index contributed by atoms with van der Waals surface area (Å²) in [5.41, 5.74) is 4.20. The molecule has 2 aromatic rings. The molecule has 1 atom stereocenters. The molecular formula is C22H27N3O3. The van der Waals surface area contributed by atoms with Crippen molar-refractivity contribution in [2.45, 2.75) is 32.9 Å². The quantitative estimate of drug-likeness (QED) is 0.795. The van der Waals surface area contributed by atoms with Crippen molar-refractivity contribution < 1.29 is 14.4 Å². The summed E-state index contributed by atoms with van der Waals surface area (Å²) in [5, 5.41) is 7.16. The number of hydrogen-bond acceptors (Lipinski definition) is 4. The molecule has 0 saturated carbocycles. The summed E-state index contributed by atoms with van der Waals surface area (Å²) in [6.07, 6.45) is 0.515. The predicted octanol–water partition coefficient (Wildman–Crippen LogP) is 3.73. The Morgan fingerprint density at radius 3 is 2.86 bits per heavy atom. The number of rotatable bonds is 7. The molecule has 3 rings (SSSR count). The third-order valence-corrected chi connectivity index (χ3v) is 4.74. The van der Waals surface area contributed by atoms with Gasteiger partial charge >= 0.3 is 6.03 Å². The zero-order valence-corrected chi connectivity index (χ0v) is 16.6. The number of hydrogen-bond donors (Lipinski definition) is 1. The molecule has 1 heterocycles. The highest BCUT2D eigenvalue weighted by atomic mass is 16.6. The van der Waals surface area contributed by atoms with Crippen molar-refractivity contribution in [1.29, 1.82) is 0 Å². The van der Waals surface area contributed by atoms with Crippen molar-refractivity contribution in [3.8, 4) is 5.75 Å². The number of carbonyl (C=O) groups is 1. The van der Waals surface area contributed by atoms with Gasteiger partial charge in [-0.05, 0) is 37.1 Å². The van der Waals surface area contributed by atoms with E-state index in [1.165, 1.54) is 5.56 Å². The predicted molar refractivity (Wildman–Crippen MR) is 110 cm³/mol. The van der Waals surface area contributed by atoms with Crippen LogP contribution in [-0.2, 0) is 11.4 Å². The van der Waals surface area contributed by atoms with Crippen molar-refractivity contribution in [3.63, 3.8) is 0 Å². The summed E-state index contributed by atoms with van der Waals surface area (Å²) in [4.78, 5) is 20.0. The number of oxime groups is 1. The highest BCUT2D eigenvalue weighted by Gasteiger charge is 2.27. The molecule has 0 radical (unpaired) electrons. The number of nitrogens with zero attached hydrogens (tertiary/aromatic N) is 2. The second kappa shape index (κ2) is 9.26. The van der Waals surface area contributed by atoms with Crippen LogP contribution < -0.4 is 10.1 Å². The van der Waals surface area contributed by atoms with E-state index in [1.807, 2.05) is 43.3 Å². The summed E-state index contributed by atoms with van der Waals surface area (Å²) < 4.78 is 5.29. The zero-order valence-electron chi connectivity index (χ0n) is 16.6. The topological polar surface area (TPSA) is 63.2 Å². The van der Waals surface area contributed by atoms with E-state index in [-0.39, 0.29) is 12.1 Å². The number of methoxy groups -OCH3 is 1. The second-order valence-corrected chi connectivity index (χ2v) is 6.85. The van der Waals surface area contributed by atoms with Gasteiger partial charge < -0.3 is 19.8 Å². The third kappa shape index (κ3) is 4.82. The van der Waals surface area contributed by atoms with E-state index in [1.54, 1.807) is 12.0 Å². The molecule has 0 aromatic heterocycles. The molecule has 1 aliphatic heterocycles. The minimum Gasteiger partial charge on any atom is -0.497 e. The molecule has 0 bridgehead atoms. The van der Waals surface area contributed by atoms with Crippen molar-refractivity contribution in [2.24, 2.45) is 5.16 Å². The number of amides is 2. The van der Waals surface area contributed by atoms with Gasteiger partial charge in [-0.2, -0.15) is 0 Å². The van der Waals surface area contributed by atoms with Crippen LogP contribution in [0.1, 0.15) is 30.0 Å². The highest BCUT2D eigenvalue weighted by Crippen LogP contribution is 2.21. The van der Waals surface area contributed by atoms with Crippen LogP contribution in [-0.4, -0.2) is 42.9 Å². The van der Waals surface area contributed by atoms with Gasteiger partial charge in [0.1, 0.15) is 5.75 Å². The summed E-state index contributed by atoms with van der Waals surface area (Å²) >= 11 is 0. The van der Waals surface area contributed by atoms with Crippen molar-refractivity contribution in [3.05, 3.63) is 65.2 Å². The van der Waals surface area contributed by atoms with E-state index in [4.69, 9.17) is 9.57 Å². The molecule has 2 amide bonds. The lowest BCUT2D eigenvalue weighted by atomic mass is 10.0. The summed E-state index contributed by atoms with van der Waals surface area (Å²) in [7, 11) is 1.64. The number of benzene rings is 2. The Balaban J connectivity index is 1.68. The largest absolute Gasteiger partial charge is 0.497 e. The van der Waals surface area contributed by atoms with Gasteiger partial charge in [0.2, 0.25) is 0 Å². The number of aryl methyl sites for hydroxylation is 1. The van der Waals surface area contributed by atoms with Gasteiger partial charge in [-0.25, -0.2) is 4.79 Å². The molecule has 0 spiro atoms. The average molecular weight is 381 g/mol. The first-order valence-corrected chi connectivity index (χ1v) is 9.55. The van der Waals surface area contributed by atoms with E-state index in [2.05, 4.69) is 29.5 Å². The number of nitrogens with one attached hydrogen (secondary N) is 1. The molecule has 0 saturated heterocycles. The van der Waals surface area contributed by atoms with Crippen LogP contribution in [0.25, 0.3) is 0 Å². The highest BCUT2D eigenvalue weighted by molar-refractivity contribution is 6.02.